The van der Waals surface area contributed by atoms with Gasteiger partial charge in [0.25, 0.3) is 0 Å². The number of oxazole rings is 1. The molecule has 66 valence electrons. The van der Waals surface area contributed by atoms with Crippen LogP contribution in [0.25, 0.3) is 11.3 Å². The fourth-order valence-corrected chi connectivity index (χ4v) is 1.36. The lowest BCUT2D eigenvalue weighted by Gasteiger charge is -2.01. The van der Waals surface area contributed by atoms with E-state index in [-0.39, 0.29) is 5.75 Å². The van der Waals surface area contributed by atoms with Crippen LogP contribution in [0.15, 0.2) is 35.2 Å². The third-order valence-electron chi connectivity index (χ3n) is 1.67. The van der Waals surface area contributed by atoms with E-state index >= 15 is 0 Å². The van der Waals surface area contributed by atoms with Gasteiger partial charge in [-0.25, -0.2) is 4.98 Å². The quantitative estimate of drug-likeness (QED) is 0.761. The lowest BCUT2D eigenvalue weighted by Crippen LogP contribution is -1.77. The third-order valence-corrected chi connectivity index (χ3v) is 1.99. The molecule has 4 heteroatoms. The van der Waals surface area contributed by atoms with Crippen LogP contribution in [-0.2, 0) is 0 Å². The minimum atomic E-state index is 0.0873. The molecule has 0 aliphatic carbocycles. The van der Waals surface area contributed by atoms with Crippen LogP contribution in [0.2, 0.25) is 5.02 Å². The second kappa shape index (κ2) is 3.11. The first kappa shape index (κ1) is 8.13. The molecule has 1 aromatic heterocycles. The van der Waals surface area contributed by atoms with Crippen molar-refractivity contribution in [1.82, 2.24) is 4.98 Å². The summed E-state index contributed by atoms with van der Waals surface area (Å²) in [6.45, 7) is 0. The lowest BCUT2D eigenvalue weighted by molar-refractivity contribution is 0.473. The second-order valence-corrected chi connectivity index (χ2v) is 2.91. The van der Waals surface area contributed by atoms with Crippen LogP contribution in [0.1, 0.15) is 0 Å². The van der Waals surface area contributed by atoms with Crippen LogP contribution in [0.3, 0.4) is 0 Å². The fraction of sp³-hybridized carbons (Fsp3) is 0. The van der Waals surface area contributed by atoms with Crippen molar-refractivity contribution >= 4 is 11.6 Å². The highest BCUT2D eigenvalue weighted by atomic mass is 35.5. The molecule has 0 radical (unpaired) electrons. The maximum atomic E-state index is 9.49. The normalized spacial score (nSPS) is 10.2. The number of aromatic nitrogens is 1. The number of nitrogens with zero attached hydrogens (tertiary/aromatic N) is 1. The molecule has 13 heavy (non-hydrogen) atoms. The summed E-state index contributed by atoms with van der Waals surface area (Å²) in [6.07, 6.45) is 2.79. The number of phenolic OH excluding ortho intramolecular Hbond substituents is 1. The molecule has 2 rings (SSSR count). The molecule has 0 saturated carbocycles. The molecule has 3 nitrogen and oxygen atoms in total. The minimum Gasteiger partial charge on any atom is -0.507 e. The SMILES string of the molecule is Oc1cccc(Cl)c1-c1cnco1. The van der Waals surface area contributed by atoms with Crippen LogP contribution in [-0.4, -0.2) is 10.1 Å². The summed E-state index contributed by atoms with van der Waals surface area (Å²) in [5.41, 5.74) is 0.474. The van der Waals surface area contributed by atoms with Crippen LogP contribution in [0.4, 0.5) is 0 Å². The van der Waals surface area contributed by atoms with Crippen molar-refractivity contribution in [2.75, 3.05) is 0 Å². The molecule has 1 aromatic carbocycles. The van der Waals surface area contributed by atoms with E-state index in [9.17, 15) is 5.11 Å². The molecule has 0 spiro atoms. The standard InChI is InChI=1S/C9H6ClNO2/c10-6-2-1-3-7(12)9(6)8-4-11-5-13-8/h1-5,12H. The summed E-state index contributed by atoms with van der Waals surface area (Å²) in [7, 11) is 0. The Morgan fingerprint density at radius 1 is 1.38 bits per heavy atom. The average Bonchev–Trinajstić information content (AvgIpc) is 2.57. The van der Waals surface area contributed by atoms with Gasteiger partial charge < -0.3 is 9.52 Å². The summed E-state index contributed by atoms with van der Waals surface area (Å²) >= 11 is 5.87. The summed E-state index contributed by atoms with van der Waals surface area (Å²) in [6, 6.07) is 4.89. The van der Waals surface area contributed by atoms with E-state index in [4.69, 9.17) is 16.0 Å². The Hall–Kier alpha value is -1.48. The molecule has 0 amide bonds. The molecule has 1 N–H and O–H groups in total. The molecule has 0 fully saturated rings. The fourth-order valence-electron chi connectivity index (χ4n) is 1.10. The van der Waals surface area contributed by atoms with Crippen molar-refractivity contribution in [2.24, 2.45) is 0 Å². The van der Waals surface area contributed by atoms with Gasteiger partial charge in [0, 0.05) is 0 Å². The topological polar surface area (TPSA) is 46.3 Å². The van der Waals surface area contributed by atoms with Crippen molar-refractivity contribution in [1.29, 1.82) is 0 Å². The van der Waals surface area contributed by atoms with Crippen LogP contribution < -0.4 is 0 Å². The van der Waals surface area contributed by atoms with Gasteiger partial charge in [0.05, 0.1) is 16.8 Å². The van der Waals surface area contributed by atoms with Gasteiger partial charge in [-0.2, -0.15) is 0 Å². The number of phenols is 1. The van der Waals surface area contributed by atoms with Gasteiger partial charge in [0.2, 0.25) is 0 Å². The van der Waals surface area contributed by atoms with Crippen molar-refractivity contribution in [3.8, 4) is 17.1 Å². The van der Waals surface area contributed by atoms with Crippen molar-refractivity contribution in [3.05, 3.63) is 35.8 Å². The Balaban J connectivity index is 2.64. The predicted molar refractivity (Wildman–Crippen MR) is 48.6 cm³/mol. The smallest absolute Gasteiger partial charge is 0.181 e. The van der Waals surface area contributed by atoms with Gasteiger partial charge in [-0.05, 0) is 12.1 Å². The third kappa shape index (κ3) is 1.38. The van der Waals surface area contributed by atoms with Gasteiger partial charge in [-0.1, -0.05) is 17.7 Å². The number of rotatable bonds is 1. The molecule has 0 aliphatic rings. The lowest BCUT2D eigenvalue weighted by atomic mass is 10.1. The van der Waals surface area contributed by atoms with Gasteiger partial charge in [-0.3, -0.25) is 0 Å². The Morgan fingerprint density at radius 3 is 2.85 bits per heavy atom. The maximum absolute atomic E-state index is 9.49. The number of benzene rings is 1. The molecule has 0 atom stereocenters. The Morgan fingerprint density at radius 2 is 2.23 bits per heavy atom. The Labute approximate surface area is 79.6 Å². The minimum absolute atomic E-state index is 0.0873. The van der Waals surface area contributed by atoms with Crippen LogP contribution in [0, 0.1) is 0 Å². The summed E-state index contributed by atoms with van der Waals surface area (Å²) in [5.74, 6) is 0.548. The number of halogens is 1. The van der Waals surface area contributed by atoms with Gasteiger partial charge in [-0.15, -0.1) is 0 Å². The van der Waals surface area contributed by atoms with Crippen molar-refractivity contribution < 1.29 is 9.52 Å². The highest BCUT2D eigenvalue weighted by Crippen LogP contribution is 2.34. The first-order valence-corrected chi connectivity index (χ1v) is 4.03. The zero-order valence-electron chi connectivity index (χ0n) is 6.57. The molecule has 0 saturated heterocycles. The zero-order chi connectivity index (χ0) is 9.26. The van der Waals surface area contributed by atoms with E-state index in [1.807, 2.05) is 0 Å². The molecule has 0 bridgehead atoms. The Bertz CT molecular complexity index is 391. The van der Waals surface area contributed by atoms with Gasteiger partial charge in [0.15, 0.2) is 12.2 Å². The first-order valence-electron chi connectivity index (χ1n) is 3.65. The Kier molecular flexibility index (Phi) is 1.94. The molecule has 0 unspecified atom stereocenters. The van der Waals surface area contributed by atoms with E-state index in [1.54, 1.807) is 18.2 Å². The van der Waals surface area contributed by atoms with E-state index in [1.165, 1.54) is 12.6 Å². The molecular formula is C9H6ClNO2. The molecule has 2 aromatic rings. The summed E-state index contributed by atoms with van der Waals surface area (Å²) in [4.78, 5) is 3.74. The highest BCUT2D eigenvalue weighted by molar-refractivity contribution is 6.33. The number of hydrogen-bond acceptors (Lipinski definition) is 3. The van der Waals surface area contributed by atoms with Crippen LogP contribution >= 0.6 is 11.6 Å². The highest BCUT2D eigenvalue weighted by Gasteiger charge is 2.10. The maximum Gasteiger partial charge on any atom is 0.181 e. The summed E-state index contributed by atoms with van der Waals surface area (Å²) < 4.78 is 5.03. The zero-order valence-corrected chi connectivity index (χ0v) is 7.32. The monoisotopic (exact) mass is 195 g/mol. The number of hydrogen-bond donors (Lipinski definition) is 1. The van der Waals surface area contributed by atoms with E-state index in [2.05, 4.69) is 4.98 Å². The number of aromatic hydroxyl groups is 1. The molecular weight excluding hydrogens is 190 g/mol. The van der Waals surface area contributed by atoms with E-state index < -0.39 is 0 Å². The van der Waals surface area contributed by atoms with Gasteiger partial charge >= 0.3 is 0 Å². The largest absolute Gasteiger partial charge is 0.507 e. The van der Waals surface area contributed by atoms with Crippen LogP contribution in [0.5, 0.6) is 5.75 Å². The second-order valence-electron chi connectivity index (χ2n) is 2.50. The average molecular weight is 196 g/mol. The molecule has 0 aliphatic heterocycles. The van der Waals surface area contributed by atoms with Gasteiger partial charge in [0.1, 0.15) is 5.75 Å². The first-order chi connectivity index (χ1) is 6.29. The molecule has 1 heterocycles. The van der Waals surface area contributed by atoms with E-state index in [0.29, 0.717) is 16.3 Å². The van der Waals surface area contributed by atoms with Crippen molar-refractivity contribution in [3.63, 3.8) is 0 Å². The predicted octanol–water partition coefficient (Wildman–Crippen LogP) is 2.70. The summed E-state index contributed by atoms with van der Waals surface area (Å²) in [5, 5.41) is 9.93. The van der Waals surface area contributed by atoms with E-state index in [0.717, 1.165) is 0 Å². The van der Waals surface area contributed by atoms with Crippen molar-refractivity contribution in [2.45, 2.75) is 0 Å².